The standard InChI is InChI=1S/C13H17BrN2O4/c1-8(2)10(14)7-15-13(17)9-5-4-6-11(16(18)19)12(9)20-3/h4-6,8,10H,7H2,1-3H3,(H,15,17). The average Bonchev–Trinajstić information content (AvgIpc) is 2.42. The van der Waals surface area contributed by atoms with Crippen molar-refractivity contribution in [3.63, 3.8) is 0 Å². The van der Waals surface area contributed by atoms with Crippen LogP contribution in [0, 0.1) is 16.0 Å². The predicted molar refractivity (Wildman–Crippen MR) is 79.5 cm³/mol. The Hall–Kier alpha value is -1.63. The molecule has 0 radical (unpaired) electrons. The third kappa shape index (κ3) is 3.93. The van der Waals surface area contributed by atoms with Gasteiger partial charge in [-0.3, -0.25) is 14.9 Å². The maximum absolute atomic E-state index is 12.1. The molecule has 0 fully saturated rings. The predicted octanol–water partition coefficient (Wildman–Crippen LogP) is 2.75. The van der Waals surface area contributed by atoms with Crippen LogP contribution in [0.3, 0.4) is 0 Å². The van der Waals surface area contributed by atoms with Crippen molar-refractivity contribution in [2.45, 2.75) is 18.7 Å². The number of methoxy groups -OCH3 is 1. The molecule has 0 aliphatic rings. The van der Waals surface area contributed by atoms with Gasteiger partial charge in [0.15, 0.2) is 0 Å². The minimum atomic E-state index is -0.572. The van der Waals surface area contributed by atoms with E-state index in [2.05, 4.69) is 21.2 Å². The van der Waals surface area contributed by atoms with Crippen LogP contribution in [-0.4, -0.2) is 29.3 Å². The summed E-state index contributed by atoms with van der Waals surface area (Å²) in [4.78, 5) is 22.6. The second kappa shape index (κ2) is 7.23. The quantitative estimate of drug-likeness (QED) is 0.488. The van der Waals surface area contributed by atoms with Gasteiger partial charge in [-0.2, -0.15) is 0 Å². The molecule has 110 valence electrons. The molecule has 1 aromatic rings. The summed E-state index contributed by atoms with van der Waals surface area (Å²) in [5, 5.41) is 13.6. The number of alkyl halides is 1. The molecule has 0 saturated carbocycles. The van der Waals surface area contributed by atoms with E-state index in [-0.39, 0.29) is 21.8 Å². The molecule has 1 amide bonds. The minimum absolute atomic E-state index is 0.0225. The molecule has 0 spiro atoms. The normalized spacial score (nSPS) is 12.1. The molecule has 0 heterocycles. The van der Waals surface area contributed by atoms with E-state index in [0.717, 1.165) is 0 Å². The van der Waals surface area contributed by atoms with E-state index in [4.69, 9.17) is 4.74 Å². The van der Waals surface area contributed by atoms with Crippen LogP contribution in [0.4, 0.5) is 5.69 Å². The molecule has 1 aromatic carbocycles. The third-order valence-electron chi connectivity index (χ3n) is 2.82. The number of amides is 1. The van der Waals surface area contributed by atoms with Gasteiger partial charge in [-0.25, -0.2) is 0 Å². The maximum atomic E-state index is 12.1. The molecule has 6 nitrogen and oxygen atoms in total. The van der Waals surface area contributed by atoms with Crippen molar-refractivity contribution in [3.05, 3.63) is 33.9 Å². The zero-order valence-electron chi connectivity index (χ0n) is 11.6. The summed E-state index contributed by atoms with van der Waals surface area (Å²) in [6, 6.07) is 4.26. The minimum Gasteiger partial charge on any atom is -0.490 e. The smallest absolute Gasteiger partial charge is 0.311 e. The highest BCUT2D eigenvalue weighted by atomic mass is 79.9. The van der Waals surface area contributed by atoms with E-state index in [9.17, 15) is 14.9 Å². The number of ether oxygens (including phenoxy) is 1. The Kier molecular flexibility index (Phi) is 5.94. The van der Waals surface area contributed by atoms with Gasteiger partial charge in [-0.1, -0.05) is 35.8 Å². The van der Waals surface area contributed by atoms with Crippen molar-refractivity contribution >= 4 is 27.5 Å². The first-order valence-corrected chi connectivity index (χ1v) is 7.03. The van der Waals surface area contributed by atoms with Gasteiger partial charge < -0.3 is 10.1 Å². The van der Waals surface area contributed by atoms with Gasteiger partial charge in [0.2, 0.25) is 5.75 Å². The van der Waals surface area contributed by atoms with Gasteiger partial charge in [0.1, 0.15) is 0 Å². The molecule has 1 atom stereocenters. The summed E-state index contributed by atoms with van der Waals surface area (Å²) < 4.78 is 5.00. The average molecular weight is 345 g/mol. The lowest BCUT2D eigenvalue weighted by atomic mass is 10.1. The van der Waals surface area contributed by atoms with Gasteiger partial charge in [0, 0.05) is 17.4 Å². The van der Waals surface area contributed by atoms with E-state index < -0.39 is 10.8 Å². The summed E-state index contributed by atoms with van der Waals surface area (Å²) in [6.07, 6.45) is 0. The highest BCUT2D eigenvalue weighted by Crippen LogP contribution is 2.30. The molecule has 0 aliphatic heterocycles. The van der Waals surface area contributed by atoms with Gasteiger partial charge in [0.05, 0.1) is 17.6 Å². The Morgan fingerprint density at radius 3 is 2.65 bits per heavy atom. The first-order valence-electron chi connectivity index (χ1n) is 6.12. The van der Waals surface area contributed by atoms with Crippen molar-refractivity contribution in [2.75, 3.05) is 13.7 Å². The summed E-state index contributed by atoms with van der Waals surface area (Å²) in [5.74, 6) is -0.0522. The second-order valence-corrected chi connectivity index (χ2v) is 5.76. The van der Waals surface area contributed by atoms with Crippen molar-refractivity contribution in [1.82, 2.24) is 5.32 Å². The highest BCUT2D eigenvalue weighted by molar-refractivity contribution is 9.09. The summed E-state index contributed by atoms with van der Waals surface area (Å²) in [7, 11) is 1.31. The van der Waals surface area contributed by atoms with Gasteiger partial charge in [0.25, 0.3) is 5.91 Å². The molecular weight excluding hydrogens is 328 g/mol. The number of nitrogens with one attached hydrogen (secondary N) is 1. The van der Waals surface area contributed by atoms with Gasteiger partial charge in [-0.05, 0) is 12.0 Å². The number of nitro benzene ring substituents is 1. The molecule has 20 heavy (non-hydrogen) atoms. The number of carbonyl (C=O) groups is 1. The van der Waals surface area contributed by atoms with E-state index in [1.165, 1.54) is 25.3 Å². The van der Waals surface area contributed by atoms with Gasteiger partial charge in [-0.15, -0.1) is 0 Å². The van der Waals surface area contributed by atoms with Gasteiger partial charge >= 0.3 is 5.69 Å². The van der Waals surface area contributed by atoms with Crippen LogP contribution in [0.1, 0.15) is 24.2 Å². The number of halogens is 1. The monoisotopic (exact) mass is 344 g/mol. The molecule has 0 bridgehead atoms. The first kappa shape index (κ1) is 16.4. The highest BCUT2D eigenvalue weighted by Gasteiger charge is 2.22. The van der Waals surface area contributed by atoms with Crippen LogP contribution in [0.25, 0.3) is 0 Å². The molecule has 7 heteroatoms. The summed E-state index contributed by atoms with van der Waals surface area (Å²) >= 11 is 3.46. The zero-order chi connectivity index (χ0) is 15.3. The number of carbonyl (C=O) groups excluding carboxylic acids is 1. The molecule has 1 N–H and O–H groups in total. The molecule has 0 aliphatic carbocycles. The number of hydrogen-bond acceptors (Lipinski definition) is 4. The largest absolute Gasteiger partial charge is 0.490 e. The molecule has 1 rings (SSSR count). The van der Waals surface area contributed by atoms with Crippen LogP contribution in [-0.2, 0) is 0 Å². The van der Waals surface area contributed by atoms with Crippen LogP contribution < -0.4 is 10.1 Å². The van der Waals surface area contributed by atoms with Crippen molar-refractivity contribution in [3.8, 4) is 5.75 Å². The fraction of sp³-hybridized carbons (Fsp3) is 0.462. The maximum Gasteiger partial charge on any atom is 0.311 e. The Balaban J connectivity index is 2.93. The molecule has 1 unspecified atom stereocenters. The summed E-state index contributed by atoms with van der Waals surface area (Å²) in [5.41, 5.74) is -0.0652. The Bertz CT molecular complexity index is 505. The molecule has 0 aromatic heterocycles. The fourth-order valence-electron chi connectivity index (χ4n) is 1.58. The number of rotatable bonds is 6. The Morgan fingerprint density at radius 1 is 1.50 bits per heavy atom. The SMILES string of the molecule is COc1c(C(=O)NCC(Br)C(C)C)cccc1[N+](=O)[O-]. The summed E-state index contributed by atoms with van der Waals surface area (Å²) in [6.45, 7) is 4.49. The zero-order valence-corrected chi connectivity index (χ0v) is 13.1. The number of benzene rings is 1. The Labute approximate surface area is 125 Å². The van der Waals surface area contributed by atoms with Crippen LogP contribution >= 0.6 is 15.9 Å². The second-order valence-electron chi connectivity index (χ2n) is 4.59. The fourth-order valence-corrected chi connectivity index (χ4v) is 1.74. The van der Waals surface area contributed by atoms with Crippen LogP contribution in [0.5, 0.6) is 5.75 Å². The van der Waals surface area contributed by atoms with E-state index >= 15 is 0 Å². The number of hydrogen-bond donors (Lipinski definition) is 1. The number of nitro groups is 1. The molecular formula is C13H17BrN2O4. The first-order chi connectivity index (χ1) is 9.38. The topological polar surface area (TPSA) is 81.5 Å². The number of para-hydroxylation sites is 1. The van der Waals surface area contributed by atoms with Crippen LogP contribution in [0.2, 0.25) is 0 Å². The Morgan fingerprint density at radius 2 is 2.15 bits per heavy atom. The lowest BCUT2D eigenvalue weighted by Crippen LogP contribution is -2.32. The van der Waals surface area contributed by atoms with Crippen molar-refractivity contribution in [2.24, 2.45) is 5.92 Å². The van der Waals surface area contributed by atoms with E-state index in [0.29, 0.717) is 12.5 Å². The third-order valence-corrected chi connectivity index (χ3v) is 4.20. The van der Waals surface area contributed by atoms with E-state index in [1.807, 2.05) is 13.8 Å². The van der Waals surface area contributed by atoms with Crippen molar-refractivity contribution < 1.29 is 14.5 Å². The van der Waals surface area contributed by atoms with Crippen molar-refractivity contribution in [1.29, 1.82) is 0 Å². The number of nitrogens with zero attached hydrogens (tertiary/aromatic N) is 1. The lowest BCUT2D eigenvalue weighted by Gasteiger charge is -2.15. The van der Waals surface area contributed by atoms with E-state index in [1.54, 1.807) is 0 Å². The lowest BCUT2D eigenvalue weighted by molar-refractivity contribution is -0.385. The van der Waals surface area contributed by atoms with Crippen LogP contribution in [0.15, 0.2) is 18.2 Å². The molecule has 0 saturated heterocycles.